The van der Waals surface area contributed by atoms with Crippen LogP contribution in [0.5, 0.6) is 17.2 Å². The Hall–Kier alpha value is -11.2. The molecule has 2 saturated heterocycles. The Labute approximate surface area is 763 Å². The minimum absolute atomic E-state index is 0.0202. The highest BCUT2D eigenvalue weighted by atomic mass is 32.2. The van der Waals surface area contributed by atoms with E-state index in [1.54, 1.807) is 140 Å². The van der Waals surface area contributed by atoms with Gasteiger partial charge in [0.25, 0.3) is 0 Å². The van der Waals surface area contributed by atoms with E-state index in [0.717, 1.165) is 112 Å². The van der Waals surface area contributed by atoms with E-state index in [4.69, 9.17) is 33.9 Å². The smallest absolute Gasteiger partial charge is 0.231 e. The Balaban J connectivity index is 0.000000166. The Morgan fingerprint density at radius 1 is 0.408 bits per heavy atom. The summed E-state index contributed by atoms with van der Waals surface area (Å²) in [4.78, 5) is 36.0. The van der Waals surface area contributed by atoms with Crippen molar-refractivity contribution in [3.63, 3.8) is 0 Å². The van der Waals surface area contributed by atoms with E-state index in [0.29, 0.717) is 122 Å². The van der Waals surface area contributed by atoms with E-state index in [2.05, 4.69) is 163 Å². The zero-order valence-electron chi connectivity index (χ0n) is 77.8. The number of aliphatic hydroxyl groups excluding tert-OH is 1. The number of aromatic amines is 3. The quantitative estimate of drug-likeness (QED) is 0.0183. The van der Waals surface area contributed by atoms with Crippen molar-refractivity contribution in [1.29, 1.82) is 0 Å². The van der Waals surface area contributed by atoms with Gasteiger partial charge < -0.3 is 70.7 Å². The molecule has 696 valence electrons. The Bertz CT molecular complexity index is 6260. The first kappa shape index (κ1) is 96.4. The van der Waals surface area contributed by atoms with E-state index in [1.807, 2.05) is 41.5 Å². The van der Waals surface area contributed by atoms with Gasteiger partial charge in [-0.15, -0.1) is 0 Å². The number of anilines is 12. The van der Waals surface area contributed by atoms with Crippen LogP contribution in [0.4, 0.5) is 69.4 Å². The molecule has 32 nitrogen and oxygen atoms in total. The lowest BCUT2D eigenvalue weighted by Crippen LogP contribution is -2.35. The molecule has 3 aliphatic rings. The van der Waals surface area contributed by atoms with Crippen LogP contribution in [0.2, 0.25) is 0 Å². The summed E-state index contributed by atoms with van der Waals surface area (Å²) in [5.74, 6) is 5.80. The highest BCUT2D eigenvalue weighted by Crippen LogP contribution is 2.45. The monoisotopic (exact) mass is 1830 g/mol. The van der Waals surface area contributed by atoms with Gasteiger partial charge in [-0.3, -0.25) is 15.3 Å². The summed E-state index contributed by atoms with van der Waals surface area (Å²) in [6.45, 7) is 35.1. The van der Waals surface area contributed by atoms with Crippen LogP contribution >= 0.6 is 0 Å². The van der Waals surface area contributed by atoms with Gasteiger partial charge in [-0.05, 0) is 319 Å². The van der Waals surface area contributed by atoms with Gasteiger partial charge in [0.2, 0.25) is 17.8 Å². The fourth-order valence-corrected chi connectivity index (χ4v) is 20.5. The topological polar surface area (TPSA) is 405 Å². The number of methoxy groups -OCH3 is 1. The number of aromatic nitrogens is 12. The maximum Gasteiger partial charge on any atom is 0.231 e. The lowest BCUT2D eigenvalue weighted by atomic mass is 9.80. The molecule has 12 aromatic rings. The van der Waals surface area contributed by atoms with E-state index >= 15 is 0 Å². The van der Waals surface area contributed by atoms with E-state index < -0.39 is 45.3 Å². The maximum absolute atomic E-state index is 13.1. The van der Waals surface area contributed by atoms with Crippen molar-refractivity contribution in [3.8, 4) is 17.2 Å². The average molecular weight is 1840 g/mol. The van der Waals surface area contributed by atoms with Crippen LogP contribution in [0.25, 0.3) is 33.1 Å². The standard InChI is InChI=1S/C32H43N7O4S.C32H43N7O3S.C31H41N7O4S/c1-20(2)43-28-18-24(23-11-13-39(14-12-23)15-16-42-6)22(5)17-27(28)35-32-36-30(25-19-33-38-31(25)37-32)34-26-9-7-8-10-29(26)44(40,41)21(3)4;1-19(2)42-28-17-24(22-12-14-23(15-13-22)39(6)7)21(5)16-27(28)35-32-36-30(25-18-33-38-31(25)37-32)34-26-10-8-9-11-29(26)43(40,41)20(3)4;1-19(2)42-27-17-23(22-10-12-38(13-11-22)14-15-39)21(5)16-26(27)34-31-35-29(24-18-32-37-30(24)36-31)33-25-8-6-7-9-28(25)43(40,41)20(3)4/h7-10,17-21,23H,11-16H2,1-6H3,(H3,33,34,35,36,37,38);8-11,16-20,22-23H,12-15H2,1-7H3,(H3,33,34,35,36,37,38);6-9,16-20,22,39H,10-15H2,1-5H3,(H3,32,33,34,35,36,37). The molecule has 6 aromatic heterocycles. The largest absolute Gasteiger partial charge is 0.489 e. The number of β-amino-alcohol motifs (C(OH)–C–C–N with tert-alkyl or cyclic N) is 1. The molecule has 0 spiro atoms. The SMILES string of the molecule is COCCN1CCC(c2cc(OC(C)C)c(Nc3nc(Nc4ccccc4S(=O)(=O)C(C)C)c4cn[nH]c4n3)cc2C)CC1.Cc1cc(Nc2nc(Nc3ccccc3S(=O)(=O)C(C)C)c3cn[nH]c3n2)c(OC(C)C)cc1C1CCC(N(C)C)CC1.Cc1cc(Nc2nc(Nc3ccccc3S(=O)(=O)C(C)C)c3cn[nH]c3n2)c(OC(C)C)cc1C1CCN(CCO)CC1. The predicted octanol–water partition coefficient (Wildman–Crippen LogP) is 17.9. The summed E-state index contributed by atoms with van der Waals surface area (Å²) in [5, 5.41) is 50.5. The van der Waals surface area contributed by atoms with Crippen molar-refractivity contribution in [2.45, 2.75) is 228 Å². The van der Waals surface area contributed by atoms with E-state index in [-0.39, 0.29) is 39.6 Å². The normalized spacial score (nSPS) is 15.8. The Morgan fingerprint density at radius 2 is 0.708 bits per heavy atom. The minimum atomic E-state index is -3.54. The molecule has 0 radical (unpaired) electrons. The van der Waals surface area contributed by atoms with E-state index in [9.17, 15) is 30.4 Å². The van der Waals surface area contributed by atoms with Gasteiger partial charge in [0.1, 0.15) is 34.7 Å². The fraction of sp³-hybridized carbons (Fsp3) is 0.463. The lowest BCUT2D eigenvalue weighted by molar-refractivity contribution is 0.130. The molecule has 10 N–H and O–H groups in total. The minimum Gasteiger partial charge on any atom is -0.489 e. The van der Waals surface area contributed by atoms with Crippen molar-refractivity contribution in [1.82, 2.24) is 75.2 Å². The molecule has 6 aromatic carbocycles. The van der Waals surface area contributed by atoms with Crippen LogP contribution in [0.1, 0.15) is 186 Å². The summed E-state index contributed by atoms with van der Waals surface area (Å²) < 4.78 is 103. The number of hydrogen-bond donors (Lipinski definition) is 10. The molecular formula is C95H127N21O11S3. The molecule has 1 saturated carbocycles. The first-order valence-electron chi connectivity index (χ1n) is 45.0. The van der Waals surface area contributed by atoms with Gasteiger partial charge in [-0.25, -0.2) is 25.3 Å². The third-order valence-corrected chi connectivity index (χ3v) is 30.6. The molecule has 35 heteroatoms. The number of benzene rings is 6. The first-order chi connectivity index (χ1) is 62.1. The summed E-state index contributed by atoms with van der Waals surface area (Å²) in [6, 6.07) is 33.9. The van der Waals surface area contributed by atoms with Gasteiger partial charge in [0.15, 0.2) is 46.5 Å². The van der Waals surface area contributed by atoms with Crippen LogP contribution in [-0.2, 0) is 34.2 Å². The number of piperidine rings is 2. The van der Waals surface area contributed by atoms with Gasteiger partial charge in [0.05, 0.1) is 131 Å². The molecule has 8 heterocycles. The number of aliphatic hydroxyl groups is 1. The molecule has 0 atom stereocenters. The molecule has 2 aliphatic heterocycles. The number of nitrogens with one attached hydrogen (secondary N) is 9. The second-order valence-corrected chi connectivity index (χ2v) is 43.1. The zero-order chi connectivity index (χ0) is 93.0. The van der Waals surface area contributed by atoms with Gasteiger partial charge in [-0.1, -0.05) is 36.4 Å². The van der Waals surface area contributed by atoms with Gasteiger partial charge >= 0.3 is 0 Å². The van der Waals surface area contributed by atoms with Crippen molar-refractivity contribution in [2.75, 3.05) is 106 Å². The van der Waals surface area contributed by atoms with Crippen molar-refractivity contribution < 1.29 is 49.3 Å². The molecule has 0 unspecified atom stereocenters. The lowest BCUT2D eigenvalue weighted by Gasteiger charge is -2.33. The summed E-state index contributed by atoms with van der Waals surface area (Å²) in [7, 11) is -4.53. The highest BCUT2D eigenvalue weighted by Gasteiger charge is 2.32. The maximum atomic E-state index is 13.1. The molecule has 3 fully saturated rings. The number of para-hydroxylation sites is 3. The molecule has 1 aliphatic carbocycles. The van der Waals surface area contributed by atoms with Crippen LogP contribution in [0, 0.1) is 20.8 Å². The van der Waals surface area contributed by atoms with Crippen LogP contribution in [0.3, 0.4) is 0 Å². The number of hydrogen-bond acceptors (Lipinski definition) is 29. The third kappa shape index (κ3) is 23.0. The van der Waals surface area contributed by atoms with Crippen molar-refractivity contribution >= 4 is 132 Å². The van der Waals surface area contributed by atoms with Crippen molar-refractivity contribution in [3.05, 3.63) is 161 Å². The summed E-state index contributed by atoms with van der Waals surface area (Å²) in [6.07, 6.45) is 13.7. The Morgan fingerprint density at radius 3 is 0.992 bits per heavy atom. The van der Waals surface area contributed by atoms with Crippen LogP contribution < -0.4 is 46.1 Å². The summed E-state index contributed by atoms with van der Waals surface area (Å²) in [5.41, 5.74) is 12.5. The third-order valence-electron chi connectivity index (χ3n) is 24.0. The summed E-state index contributed by atoms with van der Waals surface area (Å²) >= 11 is 0. The van der Waals surface area contributed by atoms with Gasteiger partial charge in [-0.2, -0.15) is 45.2 Å². The number of nitrogens with zero attached hydrogens (tertiary/aromatic N) is 12. The molecule has 130 heavy (non-hydrogen) atoms. The predicted molar refractivity (Wildman–Crippen MR) is 516 cm³/mol. The number of ether oxygens (including phenoxy) is 4. The molecule has 0 bridgehead atoms. The van der Waals surface area contributed by atoms with Gasteiger partial charge in [0, 0.05) is 26.2 Å². The molecule has 15 rings (SSSR count). The zero-order valence-corrected chi connectivity index (χ0v) is 80.3. The highest BCUT2D eigenvalue weighted by molar-refractivity contribution is 7.92. The number of H-pyrrole nitrogens is 3. The van der Waals surface area contributed by atoms with Crippen LogP contribution in [-0.4, -0.2) is 219 Å². The number of sulfone groups is 3. The molecular weight excluding hydrogens is 1710 g/mol. The first-order valence-corrected chi connectivity index (χ1v) is 49.6. The molecule has 0 amide bonds. The second-order valence-electron chi connectivity index (χ2n) is 35.6. The number of fused-ring (bicyclic) bond motifs is 3. The number of aryl methyl sites for hydroxylation is 3. The Kier molecular flexibility index (Phi) is 31.4. The average Bonchev–Trinajstić information content (AvgIpc) is 1.72. The second kappa shape index (κ2) is 42.4. The van der Waals surface area contributed by atoms with E-state index in [1.165, 1.54) is 40.7 Å². The number of rotatable bonds is 33. The fourth-order valence-electron chi connectivity index (χ4n) is 16.9. The van der Waals surface area contributed by atoms with Crippen molar-refractivity contribution in [2.24, 2.45) is 0 Å². The number of likely N-dealkylation sites (tertiary alicyclic amines) is 2. The van der Waals surface area contributed by atoms with Crippen LogP contribution in [0.15, 0.2) is 142 Å².